The number of nitriles is 1. The van der Waals surface area contributed by atoms with Crippen LogP contribution in [-0.2, 0) is 6.54 Å². The maximum atomic E-state index is 12.0. The number of nitrogens with two attached hydrogens (primary N) is 1. The van der Waals surface area contributed by atoms with Crippen LogP contribution in [0.25, 0.3) is 0 Å². The minimum absolute atomic E-state index is 0.256. The van der Waals surface area contributed by atoms with E-state index in [4.69, 9.17) is 11.0 Å². The summed E-state index contributed by atoms with van der Waals surface area (Å²) in [7, 11) is 0. The Morgan fingerprint density at radius 2 is 1.76 bits per heavy atom. The van der Waals surface area contributed by atoms with Crippen molar-refractivity contribution in [1.82, 2.24) is 5.32 Å². The molecule has 0 saturated carbocycles. The van der Waals surface area contributed by atoms with Crippen LogP contribution >= 0.6 is 0 Å². The summed E-state index contributed by atoms with van der Waals surface area (Å²) in [4.78, 5) is 22.9. The molecule has 0 aromatic heterocycles. The average molecular weight is 279 g/mol. The highest BCUT2D eigenvalue weighted by molar-refractivity contribution is 5.97. The Bertz CT molecular complexity index is 715. The zero-order valence-corrected chi connectivity index (χ0v) is 11.2. The molecule has 5 nitrogen and oxygen atoms in total. The van der Waals surface area contributed by atoms with E-state index in [0.29, 0.717) is 23.2 Å². The van der Waals surface area contributed by atoms with Gasteiger partial charge in [-0.1, -0.05) is 12.1 Å². The summed E-state index contributed by atoms with van der Waals surface area (Å²) in [5.41, 5.74) is 7.32. The lowest BCUT2D eigenvalue weighted by atomic mass is 10.1. The number of carbonyl (C=O) groups excluding carboxylic acids is 2. The van der Waals surface area contributed by atoms with E-state index in [1.54, 1.807) is 30.3 Å². The van der Waals surface area contributed by atoms with Gasteiger partial charge in [0.15, 0.2) is 0 Å². The van der Waals surface area contributed by atoms with Crippen LogP contribution in [0.3, 0.4) is 0 Å². The number of nitrogens with zero attached hydrogens (tertiary/aromatic N) is 1. The third kappa shape index (κ3) is 3.67. The molecule has 3 N–H and O–H groups in total. The quantitative estimate of drug-likeness (QED) is 0.889. The average Bonchev–Trinajstić information content (AvgIpc) is 2.53. The van der Waals surface area contributed by atoms with Gasteiger partial charge in [0.05, 0.1) is 11.6 Å². The molecule has 0 aliphatic rings. The van der Waals surface area contributed by atoms with Gasteiger partial charge in [0.2, 0.25) is 5.91 Å². The van der Waals surface area contributed by atoms with Crippen molar-refractivity contribution in [2.45, 2.75) is 6.54 Å². The predicted molar refractivity (Wildman–Crippen MR) is 77.3 cm³/mol. The standard InChI is InChI=1S/C16H13N3O2/c17-9-11-2-1-3-12(8-11)10-19-16(21)14-6-4-13(5-7-14)15(18)20/h1-8H,10H2,(H2,18,20)(H,19,21). The summed E-state index contributed by atoms with van der Waals surface area (Å²) in [6, 6.07) is 15.2. The van der Waals surface area contributed by atoms with Gasteiger partial charge in [-0.05, 0) is 42.0 Å². The van der Waals surface area contributed by atoms with Gasteiger partial charge in [-0.3, -0.25) is 9.59 Å². The van der Waals surface area contributed by atoms with E-state index in [1.807, 2.05) is 12.1 Å². The summed E-state index contributed by atoms with van der Waals surface area (Å²) >= 11 is 0. The first-order valence-electron chi connectivity index (χ1n) is 6.27. The van der Waals surface area contributed by atoms with Crippen molar-refractivity contribution in [1.29, 1.82) is 5.26 Å². The third-order valence-corrected chi connectivity index (χ3v) is 2.94. The molecule has 0 aliphatic heterocycles. The van der Waals surface area contributed by atoms with Crippen molar-refractivity contribution in [3.8, 4) is 6.07 Å². The van der Waals surface area contributed by atoms with E-state index in [1.165, 1.54) is 12.1 Å². The van der Waals surface area contributed by atoms with Crippen molar-refractivity contribution < 1.29 is 9.59 Å². The second kappa shape index (κ2) is 6.35. The van der Waals surface area contributed by atoms with Gasteiger partial charge in [-0.2, -0.15) is 5.26 Å². The highest BCUT2D eigenvalue weighted by atomic mass is 16.2. The van der Waals surface area contributed by atoms with Crippen LogP contribution < -0.4 is 11.1 Å². The van der Waals surface area contributed by atoms with Crippen LogP contribution in [-0.4, -0.2) is 11.8 Å². The van der Waals surface area contributed by atoms with Crippen LogP contribution in [0.15, 0.2) is 48.5 Å². The lowest BCUT2D eigenvalue weighted by Crippen LogP contribution is -2.23. The first-order chi connectivity index (χ1) is 10.1. The molecule has 2 aromatic rings. The normalized spacial score (nSPS) is 9.67. The Hall–Kier alpha value is -3.13. The molecule has 0 bridgehead atoms. The van der Waals surface area contributed by atoms with Gasteiger partial charge in [0.1, 0.15) is 0 Å². The van der Waals surface area contributed by atoms with Crippen molar-refractivity contribution in [2.24, 2.45) is 5.73 Å². The maximum absolute atomic E-state index is 12.0. The minimum Gasteiger partial charge on any atom is -0.366 e. The molecule has 5 heteroatoms. The van der Waals surface area contributed by atoms with Crippen LogP contribution in [0.1, 0.15) is 31.8 Å². The number of amides is 2. The van der Waals surface area contributed by atoms with Gasteiger partial charge >= 0.3 is 0 Å². The van der Waals surface area contributed by atoms with E-state index in [9.17, 15) is 9.59 Å². The molecule has 0 atom stereocenters. The minimum atomic E-state index is -0.532. The lowest BCUT2D eigenvalue weighted by Gasteiger charge is -2.06. The zero-order valence-electron chi connectivity index (χ0n) is 11.2. The van der Waals surface area contributed by atoms with Crippen LogP contribution in [0, 0.1) is 11.3 Å². The number of nitrogens with one attached hydrogen (secondary N) is 1. The number of hydrogen-bond donors (Lipinski definition) is 2. The molecule has 0 unspecified atom stereocenters. The van der Waals surface area contributed by atoms with Crippen molar-refractivity contribution in [3.63, 3.8) is 0 Å². The summed E-state index contributed by atoms with van der Waals surface area (Å²) in [6.45, 7) is 0.325. The van der Waals surface area contributed by atoms with E-state index in [2.05, 4.69) is 5.32 Å². The summed E-state index contributed by atoms with van der Waals surface area (Å²) < 4.78 is 0. The molecule has 0 radical (unpaired) electrons. The highest BCUT2D eigenvalue weighted by Gasteiger charge is 2.07. The molecular weight excluding hydrogens is 266 g/mol. The fourth-order valence-corrected chi connectivity index (χ4v) is 1.82. The molecule has 0 heterocycles. The third-order valence-electron chi connectivity index (χ3n) is 2.94. The number of primary amides is 1. The van der Waals surface area contributed by atoms with Gasteiger partial charge in [0, 0.05) is 17.7 Å². The van der Waals surface area contributed by atoms with Crippen molar-refractivity contribution >= 4 is 11.8 Å². The number of benzene rings is 2. The first kappa shape index (κ1) is 14.3. The molecule has 0 aliphatic carbocycles. The van der Waals surface area contributed by atoms with Crippen LogP contribution in [0.5, 0.6) is 0 Å². The highest BCUT2D eigenvalue weighted by Crippen LogP contribution is 2.06. The van der Waals surface area contributed by atoms with Gasteiger partial charge in [-0.25, -0.2) is 0 Å². The summed E-state index contributed by atoms with van der Waals surface area (Å²) in [6.07, 6.45) is 0. The van der Waals surface area contributed by atoms with Crippen LogP contribution in [0.2, 0.25) is 0 Å². The van der Waals surface area contributed by atoms with E-state index in [0.717, 1.165) is 5.56 Å². The molecule has 2 amide bonds. The molecule has 0 saturated heterocycles. The lowest BCUT2D eigenvalue weighted by molar-refractivity contribution is 0.0948. The van der Waals surface area contributed by atoms with Crippen molar-refractivity contribution in [2.75, 3.05) is 0 Å². The Morgan fingerprint density at radius 1 is 1.10 bits per heavy atom. The zero-order chi connectivity index (χ0) is 15.2. The number of carbonyl (C=O) groups is 2. The topological polar surface area (TPSA) is 96.0 Å². The molecule has 0 fully saturated rings. The van der Waals surface area contributed by atoms with Gasteiger partial charge in [0.25, 0.3) is 5.91 Å². The molecule has 2 aromatic carbocycles. The van der Waals surface area contributed by atoms with E-state index >= 15 is 0 Å². The Labute approximate surface area is 122 Å². The fourth-order valence-electron chi connectivity index (χ4n) is 1.82. The second-order valence-corrected chi connectivity index (χ2v) is 4.44. The summed E-state index contributed by atoms with van der Waals surface area (Å²) in [5, 5.41) is 11.6. The van der Waals surface area contributed by atoms with Crippen molar-refractivity contribution in [3.05, 3.63) is 70.8 Å². The van der Waals surface area contributed by atoms with Gasteiger partial charge < -0.3 is 11.1 Å². The molecule has 2 rings (SSSR count). The van der Waals surface area contributed by atoms with Crippen LogP contribution in [0.4, 0.5) is 0 Å². The fraction of sp³-hybridized carbons (Fsp3) is 0.0625. The number of hydrogen-bond acceptors (Lipinski definition) is 3. The Morgan fingerprint density at radius 3 is 2.38 bits per heavy atom. The second-order valence-electron chi connectivity index (χ2n) is 4.44. The summed E-state index contributed by atoms with van der Waals surface area (Å²) in [5.74, 6) is -0.788. The van der Waals surface area contributed by atoms with E-state index in [-0.39, 0.29) is 5.91 Å². The largest absolute Gasteiger partial charge is 0.366 e. The Balaban J connectivity index is 2.01. The molecule has 0 spiro atoms. The molecule has 104 valence electrons. The van der Waals surface area contributed by atoms with Gasteiger partial charge in [-0.15, -0.1) is 0 Å². The Kier molecular flexibility index (Phi) is 4.32. The monoisotopic (exact) mass is 279 g/mol. The predicted octanol–water partition coefficient (Wildman–Crippen LogP) is 1.59. The molecule has 21 heavy (non-hydrogen) atoms. The molecular formula is C16H13N3O2. The SMILES string of the molecule is N#Cc1cccc(CNC(=O)c2ccc(C(N)=O)cc2)c1. The smallest absolute Gasteiger partial charge is 0.251 e. The van der Waals surface area contributed by atoms with E-state index < -0.39 is 5.91 Å². The first-order valence-corrected chi connectivity index (χ1v) is 6.27. The maximum Gasteiger partial charge on any atom is 0.251 e. The number of rotatable bonds is 4.